The summed E-state index contributed by atoms with van der Waals surface area (Å²) in [6.07, 6.45) is 4.54. The Bertz CT molecular complexity index is 747. The third-order valence-electron chi connectivity index (χ3n) is 6.68. The van der Waals surface area contributed by atoms with Crippen LogP contribution in [0, 0.1) is 10.8 Å². The van der Waals surface area contributed by atoms with Crippen molar-refractivity contribution in [2.45, 2.75) is 71.6 Å². The molecule has 2 saturated heterocycles. The summed E-state index contributed by atoms with van der Waals surface area (Å²) >= 11 is 0. The van der Waals surface area contributed by atoms with Gasteiger partial charge in [-0.25, -0.2) is 4.79 Å². The molecule has 3 aliphatic rings. The lowest BCUT2D eigenvalue weighted by molar-refractivity contribution is -0.136. The Hall–Kier alpha value is -2.04. The molecule has 5 heteroatoms. The zero-order valence-electron chi connectivity index (χ0n) is 17.3. The van der Waals surface area contributed by atoms with Crippen LogP contribution < -0.4 is 0 Å². The topological polar surface area (TPSA) is 49.9 Å². The van der Waals surface area contributed by atoms with Crippen LogP contribution in [0.15, 0.2) is 30.3 Å². The number of likely N-dealkylation sites (tertiary alicyclic amines) is 2. The monoisotopic (exact) mass is 384 g/mol. The van der Waals surface area contributed by atoms with Crippen molar-refractivity contribution in [1.29, 1.82) is 0 Å². The molecule has 2 bridgehead atoms. The molecule has 2 amide bonds. The summed E-state index contributed by atoms with van der Waals surface area (Å²) in [5.41, 5.74) is 1.44. The maximum Gasteiger partial charge on any atom is 0.410 e. The van der Waals surface area contributed by atoms with Gasteiger partial charge in [0.05, 0.1) is 0 Å². The minimum atomic E-state index is -0.367. The van der Waals surface area contributed by atoms with Crippen LogP contribution in [0.25, 0.3) is 0 Å². The minimum absolute atomic E-state index is 0.126. The maximum atomic E-state index is 13.4. The largest absolute Gasteiger partial charge is 0.445 e. The van der Waals surface area contributed by atoms with E-state index in [1.807, 2.05) is 30.3 Å². The number of carbonyl (C=O) groups excluding carboxylic acids is 2. The molecule has 0 N–H and O–H groups in total. The van der Waals surface area contributed by atoms with Crippen LogP contribution in [-0.4, -0.2) is 47.0 Å². The Morgan fingerprint density at radius 1 is 1.11 bits per heavy atom. The molecule has 2 heterocycles. The number of ether oxygens (including phenoxy) is 1. The van der Waals surface area contributed by atoms with Gasteiger partial charge in [0.1, 0.15) is 12.6 Å². The highest BCUT2D eigenvalue weighted by molar-refractivity contribution is 5.87. The molecule has 0 aromatic heterocycles. The van der Waals surface area contributed by atoms with Gasteiger partial charge in [0.15, 0.2) is 0 Å². The fraction of sp³-hybridized carbons (Fsp3) is 0.652. The first kappa shape index (κ1) is 19.3. The number of benzene rings is 1. The summed E-state index contributed by atoms with van der Waals surface area (Å²) in [6, 6.07) is 9.62. The van der Waals surface area contributed by atoms with Crippen LogP contribution in [-0.2, 0) is 16.1 Å². The van der Waals surface area contributed by atoms with Crippen LogP contribution in [0.4, 0.5) is 4.79 Å². The van der Waals surface area contributed by atoms with Gasteiger partial charge in [-0.15, -0.1) is 0 Å². The Morgan fingerprint density at radius 3 is 2.61 bits per heavy atom. The third kappa shape index (κ3) is 3.76. The number of hydrogen-bond acceptors (Lipinski definition) is 3. The van der Waals surface area contributed by atoms with Crippen molar-refractivity contribution in [3.63, 3.8) is 0 Å². The maximum absolute atomic E-state index is 13.4. The van der Waals surface area contributed by atoms with Crippen LogP contribution in [0.5, 0.6) is 0 Å². The van der Waals surface area contributed by atoms with Crippen LogP contribution >= 0.6 is 0 Å². The van der Waals surface area contributed by atoms with E-state index in [1.165, 1.54) is 0 Å². The van der Waals surface area contributed by atoms with E-state index in [4.69, 9.17) is 4.74 Å². The Labute approximate surface area is 168 Å². The molecule has 3 fully saturated rings. The van der Waals surface area contributed by atoms with Crippen molar-refractivity contribution in [2.75, 3.05) is 13.1 Å². The average Bonchev–Trinajstić information content (AvgIpc) is 3.21. The van der Waals surface area contributed by atoms with E-state index >= 15 is 0 Å². The fourth-order valence-electron chi connectivity index (χ4n) is 5.95. The molecule has 2 aliphatic heterocycles. The first-order valence-corrected chi connectivity index (χ1v) is 10.5. The van der Waals surface area contributed by atoms with E-state index in [1.54, 1.807) is 4.90 Å². The van der Waals surface area contributed by atoms with Crippen molar-refractivity contribution in [3.05, 3.63) is 35.9 Å². The molecule has 3 atom stereocenters. The predicted molar refractivity (Wildman–Crippen MR) is 108 cm³/mol. The molecule has 0 spiro atoms. The summed E-state index contributed by atoms with van der Waals surface area (Å²) in [6.45, 7) is 8.61. The molecule has 152 valence electrons. The number of hydrogen-bond donors (Lipinski definition) is 0. The summed E-state index contributed by atoms with van der Waals surface area (Å²) in [5, 5.41) is 0. The number of amides is 2. The zero-order valence-corrected chi connectivity index (χ0v) is 17.3. The van der Waals surface area contributed by atoms with Gasteiger partial charge in [0.2, 0.25) is 5.91 Å². The summed E-state index contributed by atoms with van der Waals surface area (Å²) in [5.74, 6) is 0.126. The van der Waals surface area contributed by atoms with Crippen molar-refractivity contribution >= 4 is 12.0 Å². The van der Waals surface area contributed by atoms with Crippen molar-refractivity contribution in [3.8, 4) is 0 Å². The lowest BCUT2D eigenvalue weighted by atomic mass is 9.65. The Balaban J connectivity index is 1.42. The summed E-state index contributed by atoms with van der Waals surface area (Å²) in [4.78, 5) is 29.8. The number of fused-ring (bicyclic) bond motifs is 2. The van der Waals surface area contributed by atoms with Crippen molar-refractivity contribution in [1.82, 2.24) is 9.80 Å². The van der Waals surface area contributed by atoms with Crippen molar-refractivity contribution in [2.24, 2.45) is 10.8 Å². The number of rotatable bonds is 3. The van der Waals surface area contributed by atoms with E-state index in [-0.39, 0.29) is 35.5 Å². The fourth-order valence-corrected chi connectivity index (χ4v) is 5.95. The lowest BCUT2D eigenvalue weighted by Crippen LogP contribution is -2.49. The van der Waals surface area contributed by atoms with Crippen molar-refractivity contribution < 1.29 is 14.3 Å². The first-order valence-electron chi connectivity index (χ1n) is 10.5. The van der Waals surface area contributed by atoms with Gasteiger partial charge in [-0.1, -0.05) is 51.1 Å². The Morgan fingerprint density at radius 2 is 1.86 bits per heavy atom. The molecule has 28 heavy (non-hydrogen) atoms. The molecular formula is C23H32N2O3. The first-order chi connectivity index (χ1) is 13.3. The molecular weight excluding hydrogens is 352 g/mol. The standard InChI is InChI=1S/C23H32N2O3/c1-22(2)12-18-13-23(3,15-22)16-25(18)20(26)19-10-7-11-24(19)21(27)28-14-17-8-5-4-6-9-17/h4-6,8-9,18-19H,7,10-16H2,1-3H3. The van der Waals surface area contributed by atoms with E-state index in [0.29, 0.717) is 12.6 Å². The second-order valence-electron chi connectivity index (χ2n) is 10.1. The van der Waals surface area contributed by atoms with E-state index < -0.39 is 0 Å². The van der Waals surface area contributed by atoms with Gasteiger partial charge < -0.3 is 9.64 Å². The normalized spacial score (nSPS) is 31.1. The highest BCUT2D eigenvalue weighted by atomic mass is 16.6. The highest BCUT2D eigenvalue weighted by Crippen LogP contribution is 2.52. The van der Waals surface area contributed by atoms with Crippen LogP contribution in [0.2, 0.25) is 0 Å². The summed E-state index contributed by atoms with van der Waals surface area (Å²) in [7, 11) is 0. The van der Waals surface area contributed by atoms with Gasteiger partial charge >= 0.3 is 6.09 Å². The third-order valence-corrected chi connectivity index (χ3v) is 6.68. The van der Waals surface area contributed by atoms with E-state index in [9.17, 15) is 9.59 Å². The number of carbonyl (C=O) groups is 2. The van der Waals surface area contributed by atoms with E-state index in [0.717, 1.165) is 44.2 Å². The Kier molecular flexibility index (Phi) is 4.88. The second kappa shape index (κ2) is 7.09. The zero-order chi connectivity index (χ0) is 19.9. The molecule has 0 radical (unpaired) electrons. The van der Waals surface area contributed by atoms with Gasteiger partial charge in [-0.3, -0.25) is 9.69 Å². The second-order valence-corrected chi connectivity index (χ2v) is 10.1. The molecule has 1 saturated carbocycles. The minimum Gasteiger partial charge on any atom is -0.445 e. The van der Waals surface area contributed by atoms with Crippen LogP contribution in [0.3, 0.4) is 0 Å². The SMILES string of the molecule is CC1(C)CC2CC(C)(CN2C(=O)C2CCCN2C(=O)OCc2ccccc2)C1. The average molecular weight is 385 g/mol. The highest BCUT2D eigenvalue weighted by Gasteiger charge is 2.52. The van der Waals surface area contributed by atoms with Gasteiger partial charge in [-0.2, -0.15) is 0 Å². The van der Waals surface area contributed by atoms with Gasteiger partial charge in [-0.05, 0) is 48.5 Å². The molecule has 3 unspecified atom stereocenters. The quantitative estimate of drug-likeness (QED) is 0.784. The smallest absolute Gasteiger partial charge is 0.410 e. The predicted octanol–water partition coefficient (Wildman–Crippen LogP) is 4.21. The lowest BCUT2D eigenvalue weighted by Gasteiger charge is -2.39. The molecule has 1 aromatic carbocycles. The van der Waals surface area contributed by atoms with E-state index in [2.05, 4.69) is 25.7 Å². The van der Waals surface area contributed by atoms with Crippen LogP contribution in [0.1, 0.15) is 58.4 Å². The molecule has 5 nitrogen and oxygen atoms in total. The molecule has 1 aliphatic carbocycles. The van der Waals surface area contributed by atoms with Gasteiger partial charge in [0.25, 0.3) is 0 Å². The van der Waals surface area contributed by atoms with Gasteiger partial charge in [0, 0.05) is 19.1 Å². The number of nitrogens with zero attached hydrogens (tertiary/aromatic N) is 2. The summed E-state index contributed by atoms with van der Waals surface area (Å²) < 4.78 is 5.51. The molecule has 1 aromatic rings. The molecule has 4 rings (SSSR count).